The van der Waals surface area contributed by atoms with E-state index in [0.29, 0.717) is 23.7 Å². The van der Waals surface area contributed by atoms with Crippen molar-refractivity contribution in [2.24, 2.45) is 0 Å². The fourth-order valence-corrected chi connectivity index (χ4v) is 3.94. The molecule has 0 aliphatic rings. The van der Waals surface area contributed by atoms with Crippen molar-refractivity contribution in [3.63, 3.8) is 0 Å². The van der Waals surface area contributed by atoms with E-state index < -0.39 is 0 Å². The maximum absolute atomic E-state index is 13.0. The number of aryl methyl sites for hydroxylation is 2. The molecule has 1 N–H and O–H groups in total. The predicted octanol–water partition coefficient (Wildman–Crippen LogP) is 6.34. The molecule has 0 radical (unpaired) electrons. The minimum absolute atomic E-state index is 0.176. The number of benzene rings is 3. The van der Waals surface area contributed by atoms with Crippen molar-refractivity contribution in [1.29, 1.82) is 0 Å². The summed E-state index contributed by atoms with van der Waals surface area (Å²) in [7, 11) is 0. The highest BCUT2D eigenvalue weighted by Crippen LogP contribution is 2.24. The van der Waals surface area contributed by atoms with Crippen LogP contribution >= 0.6 is 11.6 Å². The van der Waals surface area contributed by atoms with Crippen LogP contribution in [-0.2, 0) is 13.2 Å². The highest BCUT2D eigenvalue weighted by Gasteiger charge is 2.16. The van der Waals surface area contributed by atoms with E-state index in [-0.39, 0.29) is 5.91 Å². The molecule has 1 amide bonds. The van der Waals surface area contributed by atoms with Crippen molar-refractivity contribution in [1.82, 2.24) is 9.78 Å². The Morgan fingerprint density at radius 3 is 2.48 bits per heavy atom. The molecule has 0 fully saturated rings. The molecule has 3 aromatic carbocycles. The van der Waals surface area contributed by atoms with Gasteiger partial charge < -0.3 is 10.1 Å². The second-order valence-corrected chi connectivity index (χ2v) is 8.48. The number of carbonyl (C=O) groups is 1. The van der Waals surface area contributed by atoms with Crippen LogP contribution in [0.1, 0.15) is 38.4 Å². The van der Waals surface area contributed by atoms with Gasteiger partial charge in [-0.1, -0.05) is 54.1 Å². The molecule has 4 aromatic rings. The quantitative estimate of drug-likeness (QED) is 0.350. The summed E-state index contributed by atoms with van der Waals surface area (Å²) in [6, 6.07) is 23.1. The zero-order valence-corrected chi connectivity index (χ0v) is 19.7. The van der Waals surface area contributed by atoms with Gasteiger partial charge in [0.1, 0.15) is 12.4 Å². The minimum atomic E-state index is -0.176. The standard InChI is InChI=1S/C27H26ClN3O2/c1-18-14-24(28)12-13-25(18)33-17-22-10-7-11-23(15-22)27(32)29-26-19(2)30-31(20(26)3)16-21-8-5-4-6-9-21/h4-15H,16-17H2,1-3H3,(H,29,32). The third-order valence-electron chi connectivity index (χ3n) is 5.52. The van der Waals surface area contributed by atoms with E-state index in [9.17, 15) is 4.79 Å². The number of hydrogen-bond acceptors (Lipinski definition) is 3. The summed E-state index contributed by atoms with van der Waals surface area (Å²) in [5.74, 6) is 0.594. The lowest BCUT2D eigenvalue weighted by molar-refractivity contribution is 0.102. The Morgan fingerprint density at radius 2 is 1.73 bits per heavy atom. The molecule has 0 bridgehead atoms. The average molecular weight is 460 g/mol. The van der Waals surface area contributed by atoms with Crippen molar-refractivity contribution >= 4 is 23.2 Å². The molecule has 0 saturated heterocycles. The second-order valence-electron chi connectivity index (χ2n) is 8.04. The summed E-state index contributed by atoms with van der Waals surface area (Å²) >= 11 is 6.01. The van der Waals surface area contributed by atoms with Crippen LogP contribution in [0.5, 0.6) is 5.75 Å². The number of nitrogens with one attached hydrogen (secondary N) is 1. The number of halogens is 1. The largest absolute Gasteiger partial charge is 0.489 e. The van der Waals surface area contributed by atoms with Gasteiger partial charge in [0, 0.05) is 10.6 Å². The molecule has 0 unspecified atom stereocenters. The smallest absolute Gasteiger partial charge is 0.255 e. The van der Waals surface area contributed by atoms with Crippen LogP contribution in [0, 0.1) is 20.8 Å². The third kappa shape index (κ3) is 5.44. The normalized spacial score (nSPS) is 10.8. The SMILES string of the molecule is Cc1cc(Cl)ccc1OCc1cccc(C(=O)Nc2c(C)nn(Cc3ccccc3)c2C)c1. The van der Waals surface area contributed by atoms with E-state index in [0.717, 1.165) is 39.5 Å². The Balaban J connectivity index is 1.45. The van der Waals surface area contributed by atoms with Crippen LogP contribution < -0.4 is 10.1 Å². The minimum Gasteiger partial charge on any atom is -0.489 e. The molecule has 0 aliphatic heterocycles. The highest BCUT2D eigenvalue weighted by molar-refractivity contribution is 6.30. The summed E-state index contributed by atoms with van der Waals surface area (Å²) < 4.78 is 7.84. The predicted molar refractivity (Wildman–Crippen MR) is 132 cm³/mol. The van der Waals surface area contributed by atoms with E-state index in [4.69, 9.17) is 16.3 Å². The van der Waals surface area contributed by atoms with Crippen LogP contribution in [0.3, 0.4) is 0 Å². The molecule has 33 heavy (non-hydrogen) atoms. The van der Waals surface area contributed by atoms with Crippen molar-refractivity contribution in [3.8, 4) is 5.75 Å². The lowest BCUT2D eigenvalue weighted by Crippen LogP contribution is -2.14. The number of rotatable bonds is 7. The Kier molecular flexibility index (Phi) is 6.80. The maximum Gasteiger partial charge on any atom is 0.255 e. The topological polar surface area (TPSA) is 56.1 Å². The second kappa shape index (κ2) is 9.92. The van der Waals surface area contributed by atoms with Crippen molar-refractivity contribution in [2.45, 2.75) is 33.9 Å². The molecule has 0 atom stereocenters. The lowest BCUT2D eigenvalue weighted by atomic mass is 10.1. The van der Waals surface area contributed by atoms with Gasteiger partial charge in [0.15, 0.2) is 0 Å². The van der Waals surface area contributed by atoms with Gasteiger partial charge in [-0.05, 0) is 67.8 Å². The van der Waals surface area contributed by atoms with Crippen LogP contribution in [0.15, 0.2) is 72.8 Å². The number of carbonyl (C=O) groups excluding carboxylic acids is 1. The molecule has 1 heterocycles. The summed E-state index contributed by atoms with van der Waals surface area (Å²) in [4.78, 5) is 13.0. The van der Waals surface area contributed by atoms with E-state index in [1.54, 1.807) is 12.1 Å². The summed E-state index contributed by atoms with van der Waals surface area (Å²) in [6.45, 7) is 6.84. The van der Waals surface area contributed by atoms with Gasteiger partial charge in [-0.2, -0.15) is 5.10 Å². The monoisotopic (exact) mass is 459 g/mol. The molecule has 0 aliphatic carbocycles. The summed E-state index contributed by atoms with van der Waals surface area (Å²) in [6.07, 6.45) is 0. The van der Waals surface area contributed by atoms with E-state index in [2.05, 4.69) is 22.5 Å². The first-order valence-electron chi connectivity index (χ1n) is 10.8. The van der Waals surface area contributed by atoms with E-state index in [1.165, 1.54) is 0 Å². The Hall–Kier alpha value is -3.57. The van der Waals surface area contributed by atoms with Gasteiger partial charge in [0.05, 0.1) is 23.6 Å². The first-order valence-corrected chi connectivity index (χ1v) is 11.2. The molecular formula is C27H26ClN3O2. The van der Waals surface area contributed by atoms with Crippen molar-refractivity contribution in [2.75, 3.05) is 5.32 Å². The van der Waals surface area contributed by atoms with Gasteiger partial charge in [-0.25, -0.2) is 0 Å². The zero-order chi connectivity index (χ0) is 23.4. The van der Waals surface area contributed by atoms with Crippen LogP contribution in [0.25, 0.3) is 0 Å². The van der Waals surface area contributed by atoms with Crippen LogP contribution in [0.4, 0.5) is 5.69 Å². The van der Waals surface area contributed by atoms with E-state index in [1.807, 2.05) is 74.0 Å². The number of amides is 1. The molecule has 168 valence electrons. The Morgan fingerprint density at radius 1 is 0.970 bits per heavy atom. The fraction of sp³-hybridized carbons (Fsp3) is 0.185. The van der Waals surface area contributed by atoms with Crippen LogP contribution in [0.2, 0.25) is 5.02 Å². The number of aromatic nitrogens is 2. The Bertz CT molecular complexity index is 1280. The molecule has 1 aromatic heterocycles. The number of ether oxygens (including phenoxy) is 1. The molecule has 6 heteroatoms. The molecule has 4 rings (SSSR count). The van der Waals surface area contributed by atoms with Crippen molar-refractivity contribution in [3.05, 3.63) is 111 Å². The zero-order valence-electron chi connectivity index (χ0n) is 18.9. The molecular weight excluding hydrogens is 434 g/mol. The first kappa shape index (κ1) is 22.6. The number of hydrogen-bond donors (Lipinski definition) is 1. The number of anilines is 1. The number of nitrogens with zero attached hydrogens (tertiary/aromatic N) is 2. The summed E-state index contributed by atoms with van der Waals surface area (Å²) in [5.41, 5.74) is 6.05. The first-order chi connectivity index (χ1) is 15.9. The highest BCUT2D eigenvalue weighted by atomic mass is 35.5. The van der Waals surface area contributed by atoms with Gasteiger partial charge >= 0.3 is 0 Å². The lowest BCUT2D eigenvalue weighted by Gasteiger charge is -2.11. The average Bonchev–Trinajstić information content (AvgIpc) is 3.06. The van der Waals surface area contributed by atoms with Gasteiger partial charge in [0.25, 0.3) is 5.91 Å². The summed E-state index contributed by atoms with van der Waals surface area (Å²) in [5, 5.41) is 8.34. The Labute approximate surface area is 199 Å². The van der Waals surface area contributed by atoms with Gasteiger partial charge in [-0.3, -0.25) is 9.48 Å². The molecule has 0 saturated carbocycles. The third-order valence-corrected chi connectivity index (χ3v) is 5.75. The fourth-order valence-electron chi connectivity index (χ4n) is 3.71. The van der Waals surface area contributed by atoms with Crippen molar-refractivity contribution < 1.29 is 9.53 Å². The molecule has 5 nitrogen and oxygen atoms in total. The van der Waals surface area contributed by atoms with Gasteiger partial charge in [0.2, 0.25) is 0 Å². The van der Waals surface area contributed by atoms with Gasteiger partial charge in [-0.15, -0.1) is 0 Å². The maximum atomic E-state index is 13.0. The molecule has 0 spiro atoms. The van der Waals surface area contributed by atoms with E-state index >= 15 is 0 Å². The van der Waals surface area contributed by atoms with Crippen LogP contribution in [-0.4, -0.2) is 15.7 Å².